The molecule has 36 heavy (non-hydrogen) atoms. The number of esters is 3. The summed E-state index contributed by atoms with van der Waals surface area (Å²) in [5, 5.41) is 9.60. The Hall–Kier alpha value is -5.24. The third kappa shape index (κ3) is 5.63. The molecule has 178 valence electrons. The van der Waals surface area contributed by atoms with Crippen molar-refractivity contribution in [3.8, 4) is 17.2 Å². The number of carbonyl (C=O) groups is 4. The van der Waals surface area contributed by atoms with Gasteiger partial charge in [0.25, 0.3) is 0 Å². The standard InChI is InChI=1S/C28H18O8/c29-25(30)21-16-22(34-26(31)18-10-4-1-5-11-18)24(36-28(33)20-14-8-3-9-15-20)23(17-21)35-27(32)19-12-6-2-7-13-19/h1-17H,(H,29,30). The molecule has 0 saturated carbocycles. The van der Waals surface area contributed by atoms with E-state index >= 15 is 0 Å². The molecule has 0 atom stereocenters. The third-order valence-corrected chi connectivity index (χ3v) is 4.90. The highest BCUT2D eigenvalue weighted by Gasteiger charge is 2.25. The first-order valence-electron chi connectivity index (χ1n) is 10.7. The van der Waals surface area contributed by atoms with Crippen LogP contribution >= 0.6 is 0 Å². The molecule has 4 aromatic carbocycles. The van der Waals surface area contributed by atoms with Crippen molar-refractivity contribution in [1.82, 2.24) is 0 Å². The molecule has 0 aromatic heterocycles. The van der Waals surface area contributed by atoms with Gasteiger partial charge in [-0.05, 0) is 48.5 Å². The molecule has 8 heteroatoms. The van der Waals surface area contributed by atoms with Crippen molar-refractivity contribution < 1.29 is 38.5 Å². The van der Waals surface area contributed by atoms with Gasteiger partial charge in [-0.2, -0.15) is 0 Å². The number of carboxylic acids is 1. The second kappa shape index (κ2) is 10.8. The normalized spacial score (nSPS) is 10.2. The highest BCUT2D eigenvalue weighted by Crippen LogP contribution is 2.40. The smallest absolute Gasteiger partial charge is 0.343 e. The Bertz CT molecular complexity index is 1340. The molecule has 4 rings (SSSR count). The molecule has 0 radical (unpaired) electrons. The maximum Gasteiger partial charge on any atom is 0.343 e. The Kier molecular flexibility index (Phi) is 7.17. The van der Waals surface area contributed by atoms with E-state index in [1.165, 1.54) is 36.4 Å². The van der Waals surface area contributed by atoms with E-state index in [0.29, 0.717) is 0 Å². The fourth-order valence-corrected chi connectivity index (χ4v) is 3.14. The van der Waals surface area contributed by atoms with Gasteiger partial charge < -0.3 is 19.3 Å². The number of benzene rings is 4. The molecule has 0 amide bonds. The number of rotatable bonds is 7. The Labute approximate surface area is 205 Å². The lowest BCUT2D eigenvalue weighted by atomic mass is 10.1. The maximum atomic E-state index is 12.8. The minimum Gasteiger partial charge on any atom is -0.478 e. The van der Waals surface area contributed by atoms with E-state index in [2.05, 4.69) is 0 Å². The summed E-state index contributed by atoms with van der Waals surface area (Å²) in [6, 6.07) is 25.8. The number of hydrogen-bond acceptors (Lipinski definition) is 7. The van der Waals surface area contributed by atoms with Crippen molar-refractivity contribution in [2.24, 2.45) is 0 Å². The van der Waals surface area contributed by atoms with Crippen LogP contribution in [0.3, 0.4) is 0 Å². The first kappa shape index (κ1) is 23.9. The molecule has 0 aliphatic rings. The van der Waals surface area contributed by atoms with Crippen LogP contribution in [0, 0.1) is 0 Å². The van der Waals surface area contributed by atoms with Crippen molar-refractivity contribution in [2.45, 2.75) is 0 Å². The van der Waals surface area contributed by atoms with Gasteiger partial charge in [-0.1, -0.05) is 54.6 Å². The number of ether oxygens (including phenoxy) is 3. The van der Waals surface area contributed by atoms with Gasteiger partial charge in [0.1, 0.15) is 0 Å². The number of carbonyl (C=O) groups excluding carboxylic acids is 3. The Morgan fingerprint density at radius 1 is 0.472 bits per heavy atom. The summed E-state index contributed by atoms with van der Waals surface area (Å²) in [5.74, 6) is -5.15. The third-order valence-electron chi connectivity index (χ3n) is 4.90. The molecule has 0 saturated heterocycles. The zero-order chi connectivity index (χ0) is 25.5. The van der Waals surface area contributed by atoms with E-state index in [9.17, 15) is 24.3 Å². The molecule has 0 unspecified atom stereocenters. The summed E-state index contributed by atoms with van der Waals surface area (Å²) in [5.41, 5.74) is 0.143. The molecule has 0 heterocycles. The fraction of sp³-hybridized carbons (Fsp3) is 0. The quantitative estimate of drug-likeness (QED) is 0.288. The number of carboxylic acid groups (broad SMARTS) is 1. The lowest BCUT2D eigenvalue weighted by Gasteiger charge is -2.16. The molecule has 0 aliphatic carbocycles. The predicted octanol–water partition coefficient (Wildman–Crippen LogP) is 5.04. The zero-order valence-electron chi connectivity index (χ0n) is 18.6. The number of aromatic carboxylic acids is 1. The Morgan fingerprint density at radius 3 is 1.14 bits per heavy atom. The lowest BCUT2D eigenvalue weighted by Crippen LogP contribution is -2.16. The average molecular weight is 482 g/mol. The summed E-state index contributed by atoms with van der Waals surface area (Å²) in [7, 11) is 0. The Balaban J connectivity index is 1.79. The molecule has 0 spiro atoms. The van der Waals surface area contributed by atoms with Gasteiger partial charge >= 0.3 is 23.9 Å². The summed E-state index contributed by atoms with van der Waals surface area (Å²) in [6.07, 6.45) is 0. The van der Waals surface area contributed by atoms with E-state index in [1.807, 2.05) is 0 Å². The molecular weight excluding hydrogens is 464 g/mol. The molecule has 8 nitrogen and oxygen atoms in total. The van der Waals surface area contributed by atoms with Crippen LogP contribution in [0.15, 0.2) is 103 Å². The topological polar surface area (TPSA) is 116 Å². The van der Waals surface area contributed by atoms with Gasteiger partial charge in [-0.25, -0.2) is 19.2 Å². The van der Waals surface area contributed by atoms with E-state index in [4.69, 9.17) is 14.2 Å². The van der Waals surface area contributed by atoms with Gasteiger partial charge in [0.2, 0.25) is 5.75 Å². The van der Waals surface area contributed by atoms with Crippen molar-refractivity contribution >= 4 is 23.9 Å². The van der Waals surface area contributed by atoms with Crippen LogP contribution < -0.4 is 14.2 Å². The maximum absolute atomic E-state index is 12.8. The van der Waals surface area contributed by atoms with Crippen LogP contribution in [-0.2, 0) is 0 Å². The van der Waals surface area contributed by atoms with Crippen LogP contribution in [-0.4, -0.2) is 29.0 Å². The molecule has 0 aliphatic heterocycles. The summed E-state index contributed by atoms with van der Waals surface area (Å²) in [6.45, 7) is 0. The minimum atomic E-state index is -1.38. The first-order chi connectivity index (χ1) is 17.4. The summed E-state index contributed by atoms with van der Waals surface area (Å²) in [4.78, 5) is 50.1. The fourth-order valence-electron chi connectivity index (χ4n) is 3.14. The highest BCUT2D eigenvalue weighted by atomic mass is 16.6. The summed E-state index contributed by atoms with van der Waals surface area (Å²) >= 11 is 0. The molecular formula is C28H18O8. The second-order valence-corrected chi connectivity index (χ2v) is 7.37. The molecule has 0 fully saturated rings. The van der Waals surface area contributed by atoms with Crippen LogP contribution in [0.4, 0.5) is 0 Å². The van der Waals surface area contributed by atoms with Gasteiger partial charge in [-0.3, -0.25) is 0 Å². The van der Waals surface area contributed by atoms with Crippen molar-refractivity contribution in [3.05, 3.63) is 125 Å². The van der Waals surface area contributed by atoms with Gasteiger partial charge in [-0.15, -0.1) is 0 Å². The second-order valence-electron chi connectivity index (χ2n) is 7.37. The zero-order valence-corrected chi connectivity index (χ0v) is 18.6. The monoisotopic (exact) mass is 482 g/mol. The Morgan fingerprint density at radius 2 is 0.806 bits per heavy atom. The average Bonchev–Trinajstić information content (AvgIpc) is 2.91. The van der Waals surface area contributed by atoms with Gasteiger partial charge in [0, 0.05) is 0 Å². The van der Waals surface area contributed by atoms with Crippen LogP contribution in [0.5, 0.6) is 17.2 Å². The van der Waals surface area contributed by atoms with Gasteiger partial charge in [0.15, 0.2) is 11.5 Å². The highest BCUT2D eigenvalue weighted by molar-refractivity contribution is 5.97. The molecule has 0 bridgehead atoms. The van der Waals surface area contributed by atoms with E-state index in [-0.39, 0.29) is 22.3 Å². The van der Waals surface area contributed by atoms with E-state index < -0.39 is 41.1 Å². The largest absolute Gasteiger partial charge is 0.478 e. The van der Waals surface area contributed by atoms with Crippen molar-refractivity contribution in [1.29, 1.82) is 0 Å². The van der Waals surface area contributed by atoms with Crippen molar-refractivity contribution in [3.63, 3.8) is 0 Å². The van der Waals surface area contributed by atoms with Crippen LogP contribution in [0.2, 0.25) is 0 Å². The molecule has 4 aromatic rings. The van der Waals surface area contributed by atoms with E-state index in [1.54, 1.807) is 54.6 Å². The van der Waals surface area contributed by atoms with E-state index in [0.717, 1.165) is 12.1 Å². The summed E-state index contributed by atoms with van der Waals surface area (Å²) < 4.78 is 16.3. The SMILES string of the molecule is O=C(O)c1cc(OC(=O)c2ccccc2)c(OC(=O)c2ccccc2)c(OC(=O)c2ccccc2)c1. The van der Waals surface area contributed by atoms with Crippen molar-refractivity contribution in [2.75, 3.05) is 0 Å². The number of hydrogen-bond donors (Lipinski definition) is 1. The minimum absolute atomic E-state index is 0.167. The molecule has 1 N–H and O–H groups in total. The lowest BCUT2D eigenvalue weighted by molar-refractivity contribution is 0.0649. The predicted molar refractivity (Wildman–Crippen MR) is 128 cm³/mol. The first-order valence-corrected chi connectivity index (χ1v) is 10.7. The van der Waals surface area contributed by atoms with Gasteiger partial charge in [0.05, 0.1) is 22.3 Å². The van der Waals surface area contributed by atoms with Crippen LogP contribution in [0.1, 0.15) is 41.4 Å². The van der Waals surface area contributed by atoms with Crippen LogP contribution in [0.25, 0.3) is 0 Å².